The van der Waals surface area contributed by atoms with Crippen molar-refractivity contribution in [3.05, 3.63) is 28.8 Å². The molecular weight excluding hydrogens is 344 g/mol. The average Bonchev–Trinajstić information content (AvgIpc) is 2.62. The zero-order valence-electron chi connectivity index (χ0n) is 13.8. The molecule has 6 heteroatoms. The molecule has 1 aliphatic carbocycles. The zero-order chi connectivity index (χ0) is 16.8. The van der Waals surface area contributed by atoms with Gasteiger partial charge in [0.1, 0.15) is 12.7 Å². The molecule has 1 aliphatic heterocycles. The van der Waals surface area contributed by atoms with E-state index in [1.165, 1.54) is 32.1 Å². The third-order valence-electron chi connectivity index (χ3n) is 4.55. The maximum atomic E-state index is 10.1. The first kappa shape index (κ1) is 18.1. The summed E-state index contributed by atoms with van der Waals surface area (Å²) >= 11 is 8.00. The molecule has 1 atom stereocenters. The maximum absolute atomic E-state index is 10.1. The summed E-state index contributed by atoms with van der Waals surface area (Å²) in [5.74, 6) is 0.949. The van der Waals surface area contributed by atoms with E-state index in [9.17, 15) is 5.11 Å². The van der Waals surface area contributed by atoms with Crippen LogP contribution in [-0.2, 0) is 4.84 Å². The van der Waals surface area contributed by atoms with Gasteiger partial charge in [0.25, 0.3) is 0 Å². The number of halogens is 1. The minimum absolute atomic E-state index is 0.215. The second kappa shape index (κ2) is 9.09. The van der Waals surface area contributed by atoms with Gasteiger partial charge < -0.3 is 15.3 Å². The summed E-state index contributed by atoms with van der Waals surface area (Å²) in [6.45, 7) is 0.778. The normalized spacial score (nSPS) is 21.5. The van der Waals surface area contributed by atoms with Gasteiger partial charge in [-0.1, -0.05) is 48.2 Å². The molecular formula is C18H25ClN2O2S. The van der Waals surface area contributed by atoms with Crippen LogP contribution in [-0.4, -0.2) is 41.9 Å². The third-order valence-corrected chi connectivity index (χ3v) is 6.12. The van der Waals surface area contributed by atoms with Crippen molar-refractivity contribution in [2.24, 2.45) is 5.16 Å². The summed E-state index contributed by atoms with van der Waals surface area (Å²) in [6.07, 6.45) is 6.67. The van der Waals surface area contributed by atoms with E-state index in [1.807, 2.05) is 18.2 Å². The summed E-state index contributed by atoms with van der Waals surface area (Å²) < 4.78 is 0. The second-order valence-electron chi connectivity index (χ2n) is 6.45. The van der Waals surface area contributed by atoms with Crippen LogP contribution in [0.25, 0.3) is 0 Å². The number of benzene rings is 1. The van der Waals surface area contributed by atoms with Crippen molar-refractivity contribution in [3.8, 4) is 0 Å². The van der Waals surface area contributed by atoms with Gasteiger partial charge in [0.15, 0.2) is 0 Å². The molecule has 24 heavy (non-hydrogen) atoms. The first-order valence-corrected chi connectivity index (χ1v) is 10.1. The van der Waals surface area contributed by atoms with E-state index in [4.69, 9.17) is 16.4 Å². The fourth-order valence-corrected chi connectivity index (χ4v) is 4.62. The molecule has 0 radical (unpaired) electrons. The molecule has 1 aromatic rings. The van der Waals surface area contributed by atoms with E-state index < -0.39 is 6.10 Å². The van der Waals surface area contributed by atoms with Gasteiger partial charge in [-0.3, -0.25) is 0 Å². The fourth-order valence-electron chi connectivity index (χ4n) is 3.23. The largest absolute Gasteiger partial charge is 0.393 e. The first-order chi connectivity index (χ1) is 11.7. The highest BCUT2D eigenvalue weighted by molar-refractivity contribution is 7.99. The molecule has 2 N–H and O–H groups in total. The Bertz CT molecular complexity index is 576. The van der Waals surface area contributed by atoms with Crippen molar-refractivity contribution in [2.75, 3.05) is 18.9 Å². The summed E-state index contributed by atoms with van der Waals surface area (Å²) in [7, 11) is 0. The Morgan fingerprint density at radius 3 is 3.00 bits per heavy atom. The lowest BCUT2D eigenvalue weighted by atomic mass is 9.95. The predicted molar refractivity (Wildman–Crippen MR) is 100 cm³/mol. The van der Waals surface area contributed by atoms with Gasteiger partial charge >= 0.3 is 0 Å². The van der Waals surface area contributed by atoms with Gasteiger partial charge in [0, 0.05) is 35.2 Å². The zero-order valence-corrected chi connectivity index (χ0v) is 15.4. The number of oxime groups is 1. The Balaban J connectivity index is 1.47. The van der Waals surface area contributed by atoms with Crippen LogP contribution < -0.4 is 5.32 Å². The van der Waals surface area contributed by atoms with Crippen molar-refractivity contribution in [1.82, 2.24) is 5.32 Å². The lowest BCUT2D eigenvalue weighted by Crippen LogP contribution is -2.38. The minimum atomic E-state index is -0.534. The minimum Gasteiger partial charge on any atom is -0.393 e. The molecule has 4 nitrogen and oxygen atoms in total. The van der Waals surface area contributed by atoms with Crippen LogP contribution in [0, 0.1) is 0 Å². The Kier molecular flexibility index (Phi) is 6.84. The summed E-state index contributed by atoms with van der Waals surface area (Å²) in [5.41, 5.74) is 1.97. The fraction of sp³-hybridized carbons (Fsp3) is 0.611. The van der Waals surface area contributed by atoms with E-state index in [0.717, 1.165) is 33.4 Å². The lowest BCUT2D eigenvalue weighted by Gasteiger charge is -2.24. The molecule has 0 unspecified atom stereocenters. The van der Waals surface area contributed by atoms with Gasteiger partial charge in [-0.25, -0.2) is 0 Å². The molecule has 3 rings (SSSR count). The molecule has 132 valence electrons. The predicted octanol–water partition coefficient (Wildman–Crippen LogP) is 3.84. The van der Waals surface area contributed by atoms with Gasteiger partial charge in [-0.15, -0.1) is 11.8 Å². The molecule has 0 aromatic heterocycles. The van der Waals surface area contributed by atoms with Crippen LogP contribution in [0.4, 0.5) is 0 Å². The van der Waals surface area contributed by atoms with E-state index >= 15 is 0 Å². The first-order valence-electron chi connectivity index (χ1n) is 8.76. The molecule has 1 heterocycles. The Labute approximate surface area is 153 Å². The van der Waals surface area contributed by atoms with E-state index in [-0.39, 0.29) is 6.61 Å². The molecule has 0 amide bonds. The van der Waals surface area contributed by atoms with Gasteiger partial charge in [0.2, 0.25) is 0 Å². The summed E-state index contributed by atoms with van der Waals surface area (Å²) in [4.78, 5) is 6.49. The third kappa shape index (κ3) is 4.88. The standard InChI is InChI=1S/C18H25ClN2O2S/c19-16-8-4-7-15-17(9-10-24-18(15)16)21-23-12-14(22)11-20-13-5-2-1-3-6-13/h4,7-8,13-14,20,22H,1-3,5-6,9-12H2/b21-17-/t14-/m1/s1. The van der Waals surface area contributed by atoms with Crippen LogP contribution in [0.15, 0.2) is 28.3 Å². The highest BCUT2D eigenvalue weighted by Crippen LogP contribution is 2.35. The van der Waals surface area contributed by atoms with Crippen molar-refractivity contribution in [2.45, 2.75) is 55.6 Å². The smallest absolute Gasteiger partial charge is 0.144 e. The number of aliphatic hydroxyl groups excluding tert-OH is 1. The lowest BCUT2D eigenvalue weighted by molar-refractivity contribution is 0.0380. The van der Waals surface area contributed by atoms with Gasteiger partial charge in [-0.2, -0.15) is 0 Å². The van der Waals surface area contributed by atoms with E-state index in [2.05, 4.69) is 10.5 Å². The number of thioether (sulfide) groups is 1. The molecule has 1 fully saturated rings. The number of rotatable bonds is 6. The Hall–Kier alpha value is -0.750. The van der Waals surface area contributed by atoms with Crippen LogP contribution in [0.5, 0.6) is 0 Å². The number of hydrogen-bond donors (Lipinski definition) is 2. The molecule has 0 saturated heterocycles. The quantitative estimate of drug-likeness (QED) is 0.749. The van der Waals surface area contributed by atoms with Crippen LogP contribution in [0.1, 0.15) is 44.1 Å². The molecule has 0 bridgehead atoms. The highest BCUT2D eigenvalue weighted by Gasteiger charge is 2.19. The number of nitrogens with one attached hydrogen (secondary N) is 1. The molecule has 0 spiro atoms. The Morgan fingerprint density at radius 1 is 1.33 bits per heavy atom. The van der Waals surface area contributed by atoms with Gasteiger partial charge in [0.05, 0.1) is 10.7 Å². The SMILES string of the molecule is O[C@H](CNC1CCCCC1)CO/N=C1/CCSc2c(Cl)cccc21. The van der Waals surface area contributed by atoms with Crippen LogP contribution in [0.3, 0.4) is 0 Å². The number of fused-ring (bicyclic) bond motifs is 1. The molecule has 2 aliphatic rings. The summed E-state index contributed by atoms with van der Waals surface area (Å²) in [5, 5.41) is 18.5. The van der Waals surface area contributed by atoms with Crippen molar-refractivity contribution in [3.63, 3.8) is 0 Å². The molecule has 1 saturated carbocycles. The monoisotopic (exact) mass is 368 g/mol. The van der Waals surface area contributed by atoms with E-state index in [0.29, 0.717) is 12.6 Å². The molecule has 1 aromatic carbocycles. The Morgan fingerprint density at radius 2 is 2.17 bits per heavy atom. The number of nitrogens with zero attached hydrogens (tertiary/aromatic N) is 1. The topological polar surface area (TPSA) is 53.8 Å². The van der Waals surface area contributed by atoms with Gasteiger partial charge in [-0.05, 0) is 18.9 Å². The second-order valence-corrected chi connectivity index (χ2v) is 7.96. The number of aliphatic hydroxyl groups is 1. The summed E-state index contributed by atoms with van der Waals surface area (Å²) in [6, 6.07) is 6.41. The van der Waals surface area contributed by atoms with Crippen molar-refractivity contribution >= 4 is 29.1 Å². The van der Waals surface area contributed by atoms with E-state index in [1.54, 1.807) is 11.8 Å². The average molecular weight is 369 g/mol. The van der Waals surface area contributed by atoms with Crippen molar-refractivity contribution < 1.29 is 9.94 Å². The number of hydrogen-bond acceptors (Lipinski definition) is 5. The van der Waals surface area contributed by atoms with Crippen molar-refractivity contribution in [1.29, 1.82) is 0 Å². The maximum Gasteiger partial charge on any atom is 0.144 e. The van der Waals surface area contributed by atoms with Crippen LogP contribution in [0.2, 0.25) is 5.02 Å². The highest BCUT2D eigenvalue weighted by atomic mass is 35.5. The van der Waals surface area contributed by atoms with Crippen LogP contribution >= 0.6 is 23.4 Å².